The molecule has 0 aliphatic carbocycles. The van der Waals surface area contributed by atoms with Crippen molar-refractivity contribution in [1.29, 1.82) is 5.41 Å². The minimum Gasteiger partial charge on any atom is -0.493 e. The fraction of sp³-hybridized carbons (Fsp3) is 0.562. The molecule has 2 aliphatic rings. The van der Waals surface area contributed by atoms with Crippen molar-refractivity contribution in [2.24, 2.45) is 11.1 Å². The third-order valence-corrected chi connectivity index (χ3v) is 5.05. The van der Waals surface area contributed by atoms with Gasteiger partial charge in [-0.2, -0.15) is 0 Å². The predicted octanol–water partition coefficient (Wildman–Crippen LogP) is 2.81. The van der Waals surface area contributed by atoms with Crippen LogP contribution < -0.4 is 10.5 Å². The summed E-state index contributed by atoms with van der Waals surface area (Å²) < 4.78 is 5.77. The standard InChI is InChI=1S/C16H22ClN3O/c1-16(15(18)19)3-5-20(6-4-16)10-12-9-13(17)8-11-2-7-21-14(11)12/h8-9H,2-7,10H2,1H3,(H3,18,19). The minimum atomic E-state index is -0.136. The van der Waals surface area contributed by atoms with Crippen LogP contribution in [0.4, 0.5) is 0 Å². The van der Waals surface area contributed by atoms with Crippen LogP contribution in [0.3, 0.4) is 0 Å². The maximum Gasteiger partial charge on any atom is 0.127 e. The molecule has 21 heavy (non-hydrogen) atoms. The van der Waals surface area contributed by atoms with Crippen LogP contribution in [0.1, 0.15) is 30.9 Å². The van der Waals surface area contributed by atoms with Crippen molar-refractivity contribution in [3.05, 3.63) is 28.3 Å². The first-order chi connectivity index (χ1) is 9.98. The van der Waals surface area contributed by atoms with Gasteiger partial charge in [0.2, 0.25) is 0 Å². The van der Waals surface area contributed by atoms with Gasteiger partial charge in [-0.1, -0.05) is 18.5 Å². The fourth-order valence-electron chi connectivity index (χ4n) is 3.18. The van der Waals surface area contributed by atoms with Gasteiger partial charge in [-0.15, -0.1) is 0 Å². The highest BCUT2D eigenvalue weighted by atomic mass is 35.5. The highest BCUT2D eigenvalue weighted by molar-refractivity contribution is 6.30. The quantitative estimate of drug-likeness (QED) is 0.667. The third kappa shape index (κ3) is 2.87. The average molecular weight is 308 g/mol. The number of nitrogens with zero attached hydrogens (tertiary/aromatic N) is 1. The summed E-state index contributed by atoms with van der Waals surface area (Å²) in [7, 11) is 0. The van der Waals surface area contributed by atoms with Crippen molar-refractivity contribution in [2.75, 3.05) is 19.7 Å². The molecule has 0 aromatic heterocycles. The van der Waals surface area contributed by atoms with E-state index in [1.807, 2.05) is 12.1 Å². The second-order valence-corrected chi connectivity index (χ2v) is 6.84. The van der Waals surface area contributed by atoms with Crippen molar-refractivity contribution in [3.63, 3.8) is 0 Å². The molecule has 0 saturated carbocycles. The van der Waals surface area contributed by atoms with E-state index < -0.39 is 0 Å². The van der Waals surface area contributed by atoms with Gasteiger partial charge in [0.15, 0.2) is 0 Å². The fourth-order valence-corrected chi connectivity index (χ4v) is 3.44. The first-order valence-corrected chi connectivity index (χ1v) is 7.87. The zero-order chi connectivity index (χ0) is 15.0. The average Bonchev–Trinajstić information content (AvgIpc) is 2.89. The smallest absolute Gasteiger partial charge is 0.127 e. The number of amidine groups is 1. The summed E-state index contributed by atoms with van der Waals surface area (Å²) in [5.41, 5.74) is 7.99. The molecule has 3 rings (SSSR count). The highest BCUT2D eigenvalue weighted by Crippen LogP contribution is 2.36. The number of rotatable bonds is 3. The van der Waals surface area contributed by atoms with Gasteiger partial charge in [0, 0.05) is 29.0 Å². The first kappa shape index (κ1) is 14.7. The zero-order valence-corrected chi connectivity index (χ0v) is 13.2. The third-order valence-electron chi connectivity index (χ3n) is 4.83. The topological polar surface area (TPSA) is 62.3 Å². The maximum atomic E-state index is 7.72. The number of likely N-dealkylation sites (tertiary alicyclic amines) is 1. The van der Waals surface area contributed by atoms with Gasteiger partial charge in [0.05, 0.1) is 12.4 Å². The summed E-state index contributed by atoms with van der Waals surface area (Å²) >= 11 is 6.21. The first-order valence-electron chi connectivity index (χ1n) is 7.49. The largest absolute Gasteiger partial charge is 0.493 e. The molecule has 0 radical (unpaired) electrons. The molecule has 5 heteroatoms. The maximum absolute atomic E-state index is 7.72. The molecule has 114 valence electrons. The van der Waals surface area contributed by atoms with Crippen LogP contribution in [0.5, 0.6) is 5.75 Å². The van der Waals surface area contributed by atoms with E-state index in [0.29, 0.717) is 5.84 Å². The Kier molecular flexibility index (Phi) is 3.84. The second kappa shape index (κ2) is 5.50. The number of halogens is 1. The molecule has 0 unspecified atom stereocenters. The van der Waals surface area contributed by atoms with Crippen LogP contribution in [0, 0.1) is 10.8 Å². The van der Waals surface area contributed by atoms with E-state index in [9.17, 15) is 0 Å². The van der Waals surface area contributed by atoms with Crippen molar-refractivity contribution >= 4 is 17.4 Å². The Morgan fingerprint density at radius 1 is 1.43 bits per heavy atom. The molecule has 2 aliphatic heterocycles. The SMILES string of the molecule is CC1(C(=N)N)CCN(Cc2cc(Cl)cc3c2OCC3)CC1. The van der Waals surface area contributed by atoms with Gasteiger partial charge in [0.1, 0.15) is 5.75 Å². The highest BCUT2D eigenvalue weighted by Gasteiger charge is 2.33. The van der Waals surface area contributed by atoms with Crippen LogP contribution in [-0.2, 0) is 13.0 Å². The Bertz CT molecular complexity index is 565. The molecule has 0 amide bonds. The Labute approximate surface area is 130 Å². The van der Waals surface area contributed by atoms with E-state index in [-0.39, 0.29) is 5.41 Å². The van der Waals surface area contributed by atoms with Crippen molar-refractivity contribution in [3.8, 4) is 5.75 Å². The van der Waals surface area contributed by atoms with E-state index in [1.165, 1.54) is 11.1 Å². The number of nitrogens with one attached hydrogen (secondary N) is 1. The van der Waals surface area contributed by atoms with Crippen molar-refractivity contribution in [2.45, 2.75) is 32.7 Å². The number of hydrogen-bond acceptors (Lipinski definition) is 3. The van der Waals surface area contributed by atoms with E-state index >= 15 is 0 Å². The summed E-state index contributed by atoms with van der Waals surface area (Å²) in [6.45, 7) is 5.61. The molecule has 0 atom stereocenters. The van der Waals surface area contributed by atoms with E-state index in [4.69, 9.17) is 27.5 Å². The number of nitrogens with two attached hydrogens (primary N) is 1. The van der Waals surface area contributed by atoms with E-state index in [0.717, 1.165) is 56.3 Å². The molecular weight excluding hydrogens is 286 g/mol. The molecule has 2 heterocycles. The molecule has 3 N–H and O–H groups in total. The number of piperidine rings is 1. The summed E-state index contributed by atoms with van der Waals surface area (Å²) in [6.07, 6.45) is 2.82. The number of fused-ring (bicyclic) bond motifs is 1. The lowest BCUT2D eigenvalue weighted by molar-refractivity contribution is 0.154. The molecule has 1 fully saturated rings. The van der Waals surface area contributed by atoms with Crippen LogP contribution in [0.15, 0.2) is 12.1 Å². The van der Waals surface area contributed by atoms with Gasteiger partial charge in [0.25, 0.3) is 0 Å². The van der Waals surface area contributed by atoms with E-state index in [1.54, 1.807) is 0 Å². The molecule has 1 aromatic carbocycles. The predicted molar refractivity (Wildman–Crippen MR) is 85.2 cm³/mol. The minimum absolute atomic E-state index is 0.136. The molecule has 0 bridgehead atoms. The lowest BCUT2D eigenvalue weighted by atomic mass is 9.79. The number of benzene rings is 1. The van der Waals surface area contributed by atoms with Crippen LogP contribution >= 0.6 is 11.6 Å². The summed E-state index contributed by atoms with van der Waals surface area (Å²) in [6, 6.07) is 4.03. The molecule has 0 spiro atoms. The summed E-state index contributed by atoms with van der Waals surface area (Å²) in [5.74, 6) is 1.34. The Morgan fingerprint density at radius 2 is 2.14 bits per heavy atom. The van der Waals surface area contributed by atoms with Crippen molar-refractivity contribution in [1.82, 2.24) is 4.90 Å². The van der Waals surface area contributed by atoms with Gasteiger partial charge in [-0.3, -0.25) is 10.3 Å². The molecule has 1 aromatic rings. The van der Waals surface area contributed by atoms with Crippen LogP contribution in [-0.4, -0.2) is 30.4 Å². The number of ether oxygens (including phenoxy) is 1. The van der Waals surface area contributed by atoms with Crippen LogP contribution in [0.25, 0.3) is 0 Å². The van der Waals surface area contributed by atoms with Crippen LogP contribution in [0.2, 0.25) is 5.02 Å². The zero-order valence-electron chi connectivity index (χ0n) is 12.4. The monoisotopic (exact) mass is 307 g/mol. The Morgan fingerprint density at radius 3 is 2.81 bits per heavy atom. The molecule has 4 nitrogen and oxygen atoms in total. The normalized spacial score (nSPS) is 20.9. The summed E-state index contributed by atoms with van der Waals surface area (Å²) in [5, 5.41) is 8.51. The van der Waals surface area contributed by atoms with Gasteiger partial charge < -0.3 is 10.5 Å². The van der Waals surface area contributed by atoms with Crippen molar-refractivity contribution < 1.29 is 4.74 Å². The Balaban J connectivity index is 1.71. The summed E-state index contributed by atoms with van der Waals surface area (Å²) in [4.78, 5) is 2.40. The van der Waals surface area contributed by atoms with E-state index in [2.05, 4.69) is 11.8 Å². The van der Waals surface area contributed by atoms with Gasteiger partial charge in [-0.25, -0.2) is 0 Å². The lowest BCUT2D eigenvalue weighted by Gasteiger charge is -2.38. The van der Waals surface area contributed by atoms with Gasteiger partial charge >= 0.3 is 0 Å². The molecular formula is C16H22ClN3O. The second-order valence-electron chi connectivity index (χ2n) is 6.40. The lowest BCUT2D eigenvalue weighted by Crippen LogP contribution is -2.44. The van der Waals surface area contributed by atoms with Gasteiger partial charge in [-0.05, 0) is 43.6 Å². The Hall–Kier alpha value is -1.26. The number of hydrogen-bond donors (Lipinski definition) is 2. The molecule has 1 saturated heterocycles.